The topological polar surface area (TPSA) is 100 Å². The molecule has 0 spiro atoms. The molecule has 2 rings (SSSR count). The number of halogens is 1. The standard InChI is InChI=1S/C11H9BrN2O4S/c1-11(9(17)18)3-5(2-6(4-11)8(15)16)7-13-14-10(12)19-7/h2-3H,4H2,1H3,(H,15,16)(H,17,18). The van der Waals surface area contributed by atoms with Crippen molar-refractivity contribution in [2.24, 2.45) is 5.41 Å². The molecule has 0 fully saturated rings. The minimum atomic E-state index is -1.25. The number of carbonyl (C=O) groups is 2. The maximum atomic E-state index is 11.3. The van der Waals surface area contributed by atoms with Crippen LogP contribution in [-0.2, 0) is 9.59 Å². The molecule has 0 saturated carbocycles. The molecule has 0 saturated heterocycles. The smallest absolute Gasteiger partial charge is 0.331 e. The summed E-state index contributed by atoms with van der Waals surface area (Å²) in [6.45, 7) is 1.49. The maximum absolute atomic E-state index is 11.3. The van der Waals surface area contributed by atoms with E-state index < -0.39 is 17.4 Å². The van der Waals surface area contributed by atoms with Gasteiger partial charge in [0.05, 0.1) is 5.41 Å². The van der Waals surface area contributed by atoms with Gasteiger partial charge < -0.3 is 10.2 Å². The van der Waals surface area contributed by atoms with Crippen LogP contribution in [0.4, 0.5) is 0 Å². The summed E-state index contributed by atoms with van der Waals surface area (Å²) in [6.07, 6.45) is 2.91. The van der Waals surface area contributed by atoms with Crippen molar-refractivity contribution in [3.8, 4) is 0 Å². The van der Waals surface area contributed by atoms with Gasteiger partial charge in [-0.1, -0.05) is 17.4 Å². The molecule has 19 heavy (non-hydrogen) atoms. The number of carboxylic acids is 2. The average Bonchev–Trinajstić information content (AvgIpc) is 2.75. The molecule has 1 atom stereocenters. The molecule has 1 aromatic heterocycles. The van der Waals surface area contributed by atoms with Crippen LogP contribution in [0.15, 0.2) is 21.6 Å². The normalized spacial score (nSPS) is 22.6. The van der Waals surface area contributed by atoms with Crippen LogP contribution in [0.2, 0.25) is 0 Å². The van der Waals surface area contributed by atoms with Gasteiger partial charge in [0.1, 0.15) is 5.01 Å². The van der Waals surface area contributed by atoms with Crippen LogP contribution in [0.1, 0.15) is 18.4 Å². The summed E-state index contributed by atoms with van der Waals surface area (Å²) >= 11 is 4.38. The van der Waals surface area contributed by atoms with E-state index in [-0.39, 0.29) is 12.0 Å². The second kappa shape index (κ2) is 4.86. The zero-order valence-electron chi connectivity index (χ0n) is 9.75. The fourth-order valence-electron chi connectivity index (χ4n) is 1.79. The molecule has 0 radical (unpaired) electrons. The average molecular weight is 345 g/mol. The fraction of sp³-hybridized carbons (Fsp3) is 0.273. The van der Waals surface area contributed by atoms with E-state index in [9.17, 15) is 14.7 Å². The second-order valence-electron chi connectivity index (χ2n) is 4.33. The van der Waals surface area contributed by atoms with E-state index in [1.165, 1.54) is 30.4 Å². The highest BCUT2D eigenvalue weighted by molar-refractivity contribution is 9.11. The van der Waals surface area contributed by atoms with E-state index in [0.717, 1.165) is 0 Å². The maximum Gasteiger partial charge on any atom is 0.331 e. The number of allylic oxidation sites excluding steroid dienone is 2. The summed E-state index contributed by atoms with van der Waals surface area (Å²) in [5, 5.41) is 26.5. The molecular formula is C11H9BrN2O4S. The Morgan fingerprint density at radius 2 is 2.11 bits per heavy atom. The van der Waals surface area contributed by atoms with E-state index in [4.69, 9.17) is 5.11 Å². The zero-order chi connectivity index (χ0) is 14.2. The molecule has 100 valence electrons. The zero-order valence-corrected chi connectivity index (χ0v) is 12.2. The third-order valence-electron chi connectivity index (χ3n) is 2.77. The van der Waals surface area contributed by atoms with Crippen molar-refractivity contribution in [2.45, 2.75) is 13.3 Å². The third-order valence-corrected chi connectivity index (χ3v) is 4.18. The van der Waals surface area contributed by atoms with Gasteiger partial charge in [0.25, 0.3) is 0 Å². The van der Waals surface area contributed by atoms with Gasteiger partial charge in [-0.25, -0.2) is 4.79 Å². The van der Waals surface area contributed by atoms with Crippen molar-refractivity contribution in [3.05, 3.63) is 26.6 Å². The van der Waals surface area contributed by atoms with Crippen LogP contribution in [0, 0.1) is 5.41 Å². The Kier molecular flexibility index (Phi) is 3.55. The second-order valence-corrected chi connectivity index (χ2v) is 6.59. The molecule has 8 heteroatoms. The van der Waals surface area contributed by atoms with Crippen molar-refractivity contribution in [1.82, 2.24) is 10.2 Å². The molecule has 6 nitrogen and oxygen atoms in total. The Labute approximate surface area is 120 Å². The van der Waals surface area contributed by atoms with Crippen molar-refractivity contribution >= 4 is 44.8 Å². The highest BCUT2D eigenvalue weighted by Gasteiger charge is 2.37. The Morgan fingerprint density at radius 3 is 2.58 bits per heavy atom. The van der Waals surface area contributed by atoms with E-state index in [1.54, 1.807) is 0 Å². The minimum Gasteiger partial charge on any atom is -0.481 e. The highest BCUT2D eigenvalue weighted by Crippen LogP contribution is 2.38. The Hall–Kier alpha value is -1.54. The number of hydrogen-bond donors (Lipinski definition) is 2. The van der Waals surface area contributed by atoms with Crippen LogP contribution < -0.4 is 0 Å². The molecule has 1 aliphatic rings. The molecule has 2 N–H and O–H groups in total. The van der Waals surface area contributed by atoms with E-state index in [1.807, 2.05) is 0 Å². The van der Waals surface area contributed by atoms with Gasteiger partial charge in [0, 0.05) is 11.1 Å². The summed E-state index contributed by atoms with van der Waals surface area (Å²) in [5.41, 5.74) is -0.735. The van der Waals surface area contributed by atoms with Crippen LogP contribution in [0.5, 0.6) is 0 Å². The molecule has 0 aromatic carbocycles. The van der Waals surface area contributed by atoms with E-state index >= 15 is 0 Å². The highest BCUT2D eigenvalue weighted by atomic mass is 79.9. The molecule has 1 aliphatic carbocycles. The molecule has 0 aliphatic heterocycles. The van der Waals surface area contributed by atoms with Crippen LogP contribution >= 0.6 is 27.3 Å². The van der Waals surface area contributed by atoms with E-state index in [2.05, 4.69) is 26.1 Å². The van der Waals surface area contributed by atoms with Gasteiger partial charge in [-0.2, -0.15) is 0 Å². The van der Waals surface area contributed by atoms with Crippen LogP contribution in [-0.4, -0.2) is 32.3 Å². The van der Waals surface area contributed by atoms with Gasteiger partial charge >= 0.3 is 11.9 Å². The number of rotatable bonds is 3. The molecule has 1 aromatic rings. The predicted molar refractivity (Wildman–Crippen MR) is 71.7 cm³/mol. The quantitative estimate of drug-likeness (QED) is 0.871. The molecule has 0 bridgehead atoms. The first-order valence-electron chi connectivity index (χ1n) is 5.21. The SMILES string of the molecule is CC1(C(=O)O)C=C(c2nnc(Br)s2)C=C(C(=O)O)C1. The number of aromatic nitrogens is 2. The lowest BCUT2D eigenvalue weighted by atomic mass is 9.78. The summed E-state index contributed by atoms with van der Waals surface area (Å²) in [7, 11) is 0. The predicted octanol–water partition coefficient (Wildman–Crippen LogP) is 2.19. The van der Waals surface area contributed by atoms with Gasteiger partial charge in [0.2, 0.25) is 0 Å². The fourth-order valence-corrected chi connectivity index (χ4v) is 2.89. The molecular weight excluding hydrogens is 336 g/mol. The number of carboxylic acid groups (broad SMARTS) is 2. The first kappa shape index (κ1) is 13.9. The first-order chi connectivity index (χ1) is 8.82. The summed E-state index contributed by atoms with van der Waals surface area (Å²) in [5.74, 6) is -2.19. The lowest BCUT2D eigenvalue weighted by molar-refractivity contribution is -0.145. The van der Waals surface area contributed by atoms with Gasteiger partial charge in [-0.3, -0.25) is 4.79 Å². The Morgan fingerprint density at radius 1 is 1.42 bits per heavy atom. The van der Waals surface area contributed by atoms with Gasteiger partial charge in [-0.05, 0) is 35.4 Å². The van der Waals surface area contributed by atoms with Gasteiger partial charge in [0.15, 0.2) is 3.92 Å². The van der Waals surface area contributed by atoms with Crippen LogP contribution in [0.25, 0.3) is 5.57 Å². The number of hydrogen-bond acceptors (Lipinski definition) is 5. The van der Waals surface area contributed by atoms with Crippen molar-refractivity contribution < 1.29 is 19.8 Å². The van der Waals surface area contributed by atoms with Crippen molar-refractivity contribution in [2.75, 3.05) is 0 Å². The lowest BCUT2D eigenvalue weighted by Gasteiger charge is -2.25. The summed E-state index contributed by atoms with van der Waals surface area (Å²) in [4.78, 5) is 22.4. The van der Waals surface area contributed by atoms with Crippen molar-refractivity contribution in [1.29, 1.82) is 0 Å². The first-order valence-corrected chi connectivity index (χ1v) is 6.82. The van der Waals surface area contributed by atoms with Crippen LogP contribution in [0.3, 0.4) is 0 Å². The minimum absolute atomic E-state index is 0.0497. The summed E-state index contributed by atoms with van der Waals surface area (Å²) < 4.78 is 0.552. The summed E-state index contributed by atoms with van der Waals surface area (Å²) in [6, 6.07) is 0. The molecule has 1 heterocycles. The Bertz CT molecular complexity index is 622. The monoisotopic (exact) mass is 344 g/mol. The molecule has 0 amide bonds. The van der Waals surface area contributed by atoms with E-state index in [0.29, 0.717) is 14.5 Å². The number of nitrogens with zero attached hydrogens (tertiary/aromatic N) is 2. The third kappa shape index (κ3) is 2.74. The molecule has 1 unspecified atom stereocenters. The lowest BCUT2D eigenvalue weighted by Crippen LogP contribution is -2.29. The van der Waals surface area contributed by atoms with Gasteiger partial charge in [-0.15, -0.1) is 10.2 Å². The number of aliphatic carboxylic acids is 2. The Balaban J connectivity index is 2.52. The van der Waals surface area contributed by atoms with Crippen molar-refractivity contribution in [3.63, 3.8) is 0 Å². The largest absolute Gasteiger partial charge is 0.481 e.